The van der Waals surface area contributed by atoms with Crippen molar-refractivity contribution in [2.75, 3.05) is 38.6 Å². The van der Waals surface area contributed by atoms with Gasteiger partial charge >= 0.3 is 12.1 Å². The van der Waals surface area contributed by atoms with E-state index in [1.165, 1.54) is 7.11 Å². The van der Waals surface area contributed by atoms with Crippen LogP contribution in [0.25, 0.3) is 0 Å². The van der Waals surface area contributed by atoms with Crippen molar-refractivity contribution in [1.29, 1.82) is 0 Å². The Bertz CT molecular complexity index is 560. The lowest BCUT2D eigenvalue weighted by molar-refractivity contribution is 0.125. The molecular weight excluding hydrogens is 282 g/mol. The monoisotopic (exact) mass is 305 g/mol. The molecule has 6 heteroatoms. The van der Waals surface area contributed by atoms with E-state index in [-0.39, 0.29) is 12.1 Å². The molecule has 1 aromatic carbocycles. The van der Waals surface area contributed by atoms with Crippen LogP contribution in [0.1, 0.15) is 17.5 Å². The fourth-order valence-electron chi connectivity index (χ4n) is 2.50. The van der Waals surface area contributed by atoms with Crippen LogP contribution in [0.4, 0.5) is 15.3 Å². The Balaban J connectivity index is 1.98. The summed E-state index contributed by atoms with van der Waals surface area (Å²) >= 11 is 0. The number of aryl methyl sites for hydroxylation is 2. The number of anilines is 1. The Kier molecular flexibility index (Phi) is 5.25. The third kappa shape index (κ3) is 3.90. The van der Waals surface area contributed by atoms with E-state index in [2.05, 4.69) is 5.32 Å². The number of carbonyl (C=O) groups excluding carboxylic acids is 2. The van der Waals surface area contributed by atoms with Crippen molar-refractivity contribution in [3.8, 4) is 0 Å². The Morgan fingerprint density at radius 1 is 1.09 bits per heavy atom. The summed E-state index contributed by atoms with van der Waals surface area (Å²) in [7, 11) is 1.37. The number of nitrogens with one attached hydrogen (secondary N) is 1. The zero-order chi connectivity index (χ0) is 16.1. The van der Waals surface area contributed by atoms with E-state index in [0.717, 1.165) is 23.2 Å². The summed E-state index contributed by atoms with van der Waals surface area (Å²) in [5.74, 6) is 0. The SMILES string of the molecule is COC(=O)N1CCCN(C(=O)Nc2cc(C)ccc2C)CC1. The first kappa shape index (κ1) is 16.1. The van der Waals surface area contributed by atoms with E-state index < -0.39 is 0 Å². The number of hydrogen-bond acceptors (Lipinski definition) is 3. The Labute approximate surface area is 131 Å². The molecule has 1 N–H and O–H groups in total. The lowest BCUT2D eigenvalue weighted by atomic mass is 10.1. The van der Waals surface area contributed by atoms with Gasteiger partial charge in [0.15, 0.2) is 0 Å². The summed E-state index contributed by atoms with van der Waals surface area (Å²) in [5.41, 5.74) is 2.97. The van der Waals surface area contributed by atoms with Gasteiger partial charge in [0.1, 0.15) is 0 Å². The molecule has 1 aliphatic heterocycles. The first-order valence-electron chi connectivity index (χ1n) is 7.47. The minimum atomic E-state index is -0.336. The molecule has 1 fully saturated rings. The molecule has 2 rings (SSSR count). The van der Waals surface area contributed by atoms with Gasteiger partial charge in [0, 0.05) is 31.9 Å². The highest BCUT2D eigenvalue weighted by molar-refractivity contribution is 5.90. The molecule has 22 heavy (non-hydrogen) atoms. The van der Waals surface area contributed by atoms with Crippen molar-refractivity contribution in [3.63, 3.8) is 0 Å². The van der Waals surface area contributed by atoms with Crippen molar-refractivity contribution >= 4 is 17.8 Å². The lowest BCUT2D eigenvalue weighted by Gasteiger charge is -2.22. The molecule has 6 nitrogen and oxygen atoms in total. The maximum absolute atomic E-state index is 12.4. The quantitative estimate of drug-likeness (QED) is 0.867. The van der Waals surface area contributed by atoms with Crippen LogP contribution in [0, 0.1) is 13.8 Å². The van der Waals surface area contributed by atoms with E-state index in [1.807, 2.05) is 32.0 Å². The summed E-state index contributed by atoms with van der Waals surface area (Å²) < 4.78 is 4.73. The zero-order valence-corrected chi connectivity index (χ0v) is 13.4. The number of rotatable bonds is 1. The number of urea groups is 1. The smallest absolute Gasteiger partial charge is 0.409 e. The van der Waals surface area contributed by atoms with Gasteiger partial charge in [0.25, 0.3) is 0 Å². The van der Waals surface area contributed by atoms with Crippen LogP contribution < -0.4 is 5.32 Å². The molecule has 0 aromatic heterocycles. The molecule has 120 valence electrons. The molecule has 0 atom stereocenters. The molecule has 0 saturated carbocycles. The predicted molar refractivity (Wildman–Crippen MR) is 85.1 cm³/mol. The highest BCUT2D eigenvalue weighted by Gasteiger charge is 2.22. The van der Waals surface area contributed by atoms with Gasteiger partial charge in [-0.2, -0.15) is 0 Å². The van der Waals surface area contributed by atoms with E-state index in [1.54, 1.807) is 9.80 Å². The van der Waals surface area contributed by atoms with Gasteiger partial charge in [-0.3, -0.25) is 0 Å². The summed E-state index contributed by atoms with van der Waals surface area (Å²) in [6.07, 6.45) is 0.409. The standard InChI is InChI=1S/C16H23N3O3/c1-12-5-6-13(2)14(11-12)17-15(20)18-7-4-8-19(10-9-18)16(21)22-3/h5-6,11H,4,7-10H2,1-3H3,(H,17,20). The minimum absolute atomic E-state index is 0.125. The van der Waals surface area contributed by atoms with Crippen molar-refractivity contribution in [2.45, 2.75) is 20.3 Å². The molecule has 3 amide bonds. The van der Waals surface area contributed by atoms with Gasteiger partial charge in [-0.15, -0.1) is 0 Å². The minimum Gasteiger partial charge on any atom is -0.453 e. The van der Waals surface area contributed by atoms with Gasteiger partial charge in [-0.25, -0.2) is 9.59 Å². The van der Waals surface area contributed by atoms with Gasteiger partial charge in [0.05, 0.1) is 7.11 Å². The highest BCUT2D eigenvalue weighted by atomic mass is 16.5. The van der Waals surface area contributed by atoms with Gasteiger partial charge < -0.3 is 19.9 Å². The summed E-state index contributed by atoms with van der Waals surface area (Å²) in [6, 6.07) is 5.85. The second-order valence-corrected chi connectivity index (χ2v) is 5.55. The fourth-order valence-corrected chi connectivity index (χ4v) is 2.50. The first-order chi connectivity index (χ1) is 10.5. The first-order valence-corrected chi connectivity index (χ1v) is 7.47. The third-order valence-corrected chi connectivity index (χ3v) is 3.85. The Morgan fingerprint density at radius 2 is 1.77 bits per heavy atom. The van der Waals surface area contributed by atoms with Crippen LogP contribution in [0.15, 0.2) is 18.2 Å². The number of ether oxygens (including phenoxy) is 1. The van der Waals surface area contributed by atoms with Gasteiger partial charge in [0.2, 0.25) is 0 Å². The summed E-state index contributed by atoms with van der Waals surface area (Å²) in [4.78, 5) is 27.3. The zero-order valence-electron chi connectivity index (χ0n) is 13.4. The summed E-state index contributed by atoms with van der Waals surface area (Å²) in [6.45, 7) is 6.20. The lowest BCUT2D eigenvalue weighted by Crippen LogP contribution is -2.39. The Morgan fingerprint density at radius 3 is 2.50 bits per heavy atom. The van der Waals surface area contributed by atoms with Crippen LogP contribution in [-0.4, -0.2) is 55.2 Å². The number of methoxy groups -OCH3 is 1. The Hall–Kier alpha value is -2.24. The number of benzene rings is 1. The largest absolute Gasteiger partial charge is 0.453 e. The van der Waals surface area contributed by atoms with Gasteiger partial charge in [-0.05, 0) is 37.5 Å². The van der Waals surface area contributed by atoms with E-state index in [0.29, 0.717) is 26.2 Å². The average molecular weight is 305 g/mol. The summed E-state index contributed by atoms with van der Waals surface area (Å²) in [5, 5.41) is 2.96. The molecule has 1 aliphatic rings. The number of carbonyl (C=O) groups is 2. The van der Waals surface area contributed by atoms with Crippen LogP contribution in [0.2, 0.25) is 0 Å². The molecule has 0 bridgehead atoms. The molecule has 0 radical (unpaired) electrons. The molecule has 0 aliphatic carbocycles. The second-order valence-electron chi connectivity index (χ2n) is 5.55. The van der Waals surface area contributed by atoms with Crippen LogP contribution in [-0.2, 0) is 4.74 Å². The van der Waals surface area contributed by atoms with Crippen molar-refractivity contribution in [1.82, 2.24) is 9.80 Å². The van der Waals surface area contributed by atoms with Crippen LogP contribution in [0.5, 0.6) is 0 Å². The van der Waals surface area contributed by atoms with E-state index in [9.17, 15) is 9.59 Å². The number of nitrogens with zero attached hydrogens (tertiary/aromatic N) is 2. The second kappa shape index (κ2) is 7.15. The molecule has 1 heterocycles. The van der Waals surface area contributed by atoms with E-state index in [4.69, 9.17) is 4.74 Å². The normalized spacial score (nSPS) is 15.2. The van der Waals surface area contributed by atoms with Crippen LogP contribution in [0.3, 0.4) is 0 Å². The van der Waals surface area contributed by atoms with Crippen molar-refractivity contribution in [2.24, 2.45) is 0 Å². The average Bonchev–Trinajstić information content (AvgIpc) is 2.76. The van der Waals surface area contributed by atoms with E-state index >= 15 is 0 Å². The fraction of sp³-hybridized carbons (Fsp3) is 0.500. The third-order valence-electron chi connectivity index (χ3n) is 3.85. The molecule has 0 spiro atoms. The molecule has 1 aromatic rings. The number of amides is 3. The maximum atomic E-state index is 12.4. The topological polar surface area (TPSA) is 61.9 Å². The van der Waals surface area contributed by atoms with Gasteiger partial charge in [-0.1, -0.05) is 12.1 Å². The molecule has 0 unspecified atom stereocenters. The predicted octanol–water partition coefficient (Wildman–Crippen LogP) is 2.61. The maximum Gasteiger partial charge on any atom is 0.409 e. The molecule has 1 saturated heterocycles. The highest BCUT2D eigenvalue weighted by Crippen LogP contribution is 2.17. The molecular formula is C16H23N3O3. The number of hydrogen-bond donors (Lipinski definition) is 1. The van der Waals surface area contributed by atoms with Crippen LogP contribution >= 0.6 is 0 Å². The van der Waals surface area contributed by atoms with Crippen molar-refractivity contribution < 1.29 is 14.3 Å². The van der Waals surface area contributed by atoms with Crippen molar-refractivity contribution in [3.05, 3.63) is 29.3 Å².